The molecule has 0 unspecified atom stereocenters. The molecule has 0 saturated heterocycles. The highest BCUT2D eigenvalue weighted by Gasteiger charge is 2.35. The smallest absolute Gasteiger partial charge is 0.327 e. The summed E-state index contributed by atoms with van der Waals surface area (Å²) in [7, 11) is 0. The molecule has 8 atom stereocenters. The van der Waals surface area contributed by atoms with Gasteiger partial charge in [-0.25, -0.2) is 9.78 Å². The van der Waals surface area contributed by atoms with Gasteiger partial charge in [-0.2, -0.15) is 25.3 Å². The van der Waals surface area contributed by atoms with Gasteiger partial charge in [0.25, 0.3) is 0 Å². The minimum Gasteiger partial charge on any atom is -0.508 e. The maximum absolute atomic E-state index is 14.8. The van der Waals surface area contributed by atoms with Crippen LogP contribution >= 0.6 is 25.3 Å². The van der Waals surface area contributed by atoms with Crippen molar-refractivity contribution in [2.45, 2.75) is 106 Å². The molecule has 0 aliphatic heterocycles. The number of aliphatic carboxylic acids is 1. The fraction of sp³-hybridized carbons (Fsp3) is 0.389. The number of fused-ring (bicyclic) bond motifs is 1. The van der Waals surface area contributed by atoms with Gasteiger partial charge in [0.1, 0.15) is 48.0 Å². The first-order valence-electron chi connectivity index (χ1n) is 26.5. The third kappa shape index (κ3) is 21.5. The van der Waals surface area contributed by atoms with Crippen molar-refractivity contribution in [3.63, 3.8) is 0 Å². The first-order chi connectivity index (χ1) is 39.7. The summed E-state index contributed by atoms with van der Waals surface area (Å²) in [5.74, 6) is -7.66. The minimum atomic E-state index is -1.45. The van der Waals surface area contributed by atoms with E-state index in [9.17, 15) is 48.6 Å². The number of carbonyl (C=O) groups excluding carboxylic acids is 7. The number of phenolic OH excluding ortho intramolecular Hbond substituents is 1. The Morgan fingerprint density at radius 1 is 0.542 bits per heavy atom. The number of carboxylic acids is 1. The van der Waals surface area contributed by atoms with E-state index in [0.717, 1.165) is 10.9 Å². The van der Waals surface area contributed by atoms with Gasteiger partial charge in [-0.1, -0.05) is 60.7 Å². The predicted octanol–water partition coefficient (Wildman–Crippen LogP) is -1.97. The van der Waals surface area contributed by atoms with Crippen molar-refractivity contribution in [1.82, 2.24) is 52.2 Å². The number of guanidine groups is 2. The zero-order valence-electron chi connectivity index (χ0n) is 45.3. The number of aliphatic imine (C=N–C) groups is 2. The zero-order chi connectivity index (χ0) is 60.4. The van der Waals surface area contributed by atoms with Crippen molar-refractivity contribution < 1.29 is 48.6 Å². The number of para-hydroxylation sites is 1. The summed E-state index contributed by atoms with van der Waals surface area (Å²) in [6, 6.07) is 11.1. The number of amides is 7. The van der Waals surface area contributed by atoms with Crippen molar-refractivity contribution in [3.8, 4) is 5.75 Å². The van der Waals surface area contributed by atoms with Crippen molar-refractivity contribution in [2.75, 3.05) is 24.6 Å². The largest absolute Gasteiger partial charge is 0.508 e. The standard InChI is InChI=1S/C54H73N17O10S2/c55-36(22-31-14-16-34(72)17-15-31)45(73)65-38(12-6-19-61-53(56)57)46(74)67-40(18-21-82)48(76)70-43(25-33-27-60-29-64-33)51(79)68-41(23-30-8-2-1-3-9-30)49(77)66-39(13-7-20-62-54(58)59)47(75)69-42(50(78)71-44(28-83)52(80)81)24-32-26-63-37-11-5-4-10-35(32)37/h1-5,8-11,14-17,26-27,29,36,38-44,63,72,82-83H,6-7,12-13,18-25,28,55H2,(H,60,64)(H,65,73)(H,66,77)(H,67,74)(H,68,79)(H,69,75)(H,70,76)(H,71,78)(H,80,81)(H4,56,57,61)(H4,58,59,62)/t36-,38-,39-,40-,41+,42-,43-,44-/m0/s1. The first-order valence-corrected chi connectivity index (χ1v) is 27.8. The molecule has 5 rings (SSSR count). The lowest BCUT2D eigenvalue weighted by Crippen LogP contribution is -2.61. The fourth-order valence-electron chi connectivity index (χ4n) is 8.63. The number of imidazole rings is 1. The second-order valence-corrected chi connectivity index (χ2v) is 20.2. The van der Waals surface area contributed by atoms with Crippen LogP contribution < -0.4 is 65.9 Å². The highest BCUT2D eigenvalue weighted by Crippen LogP contribution is 2.20. The summed E-state index contributed by atoms with van der Waals surface area (Å²) < 4.78 is 0. The Morgan fingerprint density at radius 2 is 1.01 bits per heavy atom. The molecule has 2 aromatic heterocycles. The van der Waals surface area contributed by atoms with Crippen LogP contribution in [0.15, 0.2) is 108 Å². The molecule has 0 aliphatic rings. The predicted molar refractivity (Wildman–Crippen MR) is 318 cm³/mol. The minimum absolute atomic E-state index is 0.00848. The lowest BCUT2D eigenvalue weighted by Gasteiger charge is -2.28. The van der Waals surface area contributed by atoms with Crippen LogP contribution in [0, 0.1) is 0 Å². The number of nitrogens with two attached hydrogens (primary N) is 5. The molecule has 21 N–H and O–H groups in total. The lowest BCUT2D eigenvalue weighted by atomic mass is 10.0. The number of hydrogen-bond donors (Lipinski definition) is 18. The van der Waals surface area contributed by atoms with Gasteiger partial charge in [-0.3, -0.25) is 43.5 Å². The summed E-state index contributed by atoms with van der Waals surface area (Å²) in [4.78, 5) is 130. The van der Waals surface area contributed by atoms with Crippen molar-refractivity contribution in [3.05, 3.63) is 120 Å². The van der Waals surface area contributed by atoms with E-state index in [4.69, 9.17) is 28.7 Å². The normalized spacial score (nSPS) is 13.9. The average molecular weight is 1180 g/mol. The number of aromatic nitrogens is 3. The molecule has 0 saturated carbocycles. The molecule has 3 aromatic carbocycles. The van der Waals surface area contributed by atoms with Gasteiger partial charge in [0.15, 0.2) is 11.9 Å². The molecule has 27 nitrogen and oxygen atoms in total. The van der Waals surface area contributed by atoms with Crippen LogP contribution in [0.3, 0.4) is 0 Å². The number of aromatic amines is 2. The summed E-state index contributed by atoms with van der Waals surface area (Å²) in [5, 5.41) is 38.9. The van der Waals surface area contributed by atoms with Crippen molar-refractivity contribution >= 4 is 95.4 Å². The van der Waals surface area contributed by atoms with E-state index in [1.165, 1.54) is 24.7 Å². The summed E-state index contributed by atoms with van der Waals surface area (Å²) in [6.07, 6.45) is 4.26. The molecule has 0 fully saturated rings. The van der Waals surface area contributed by atoms with Gasteiger partial charge in [0.2, 0.25) is 41.4 Å². The number of nitrogens with one attached hydrogen (secondary N) is 9. The maximum Gasteiger partial charge on any atom is 0.327 e. The number of hydrogen-bond acceptors (Lipinski definition) is 15. The van der Waals surface area contributed by atoms with Crippen LogP contribution in [0.5, 0.6) is 5.75 Å². The number of benzene rings is 3. The van der Waals surface area contributed by atoms with Crippen LogP contribution in [0.25, 0.3) is 10.9 Å². The number of thiol groups is 2. The van der Waals surface area contributed by atoms with E-state index >= 15 is 0 Å². The highest BCUT2D eigenvalue weighted by atomic mass is 32.1. The van der Waals surface area contributed by atoms with E-state index in [0.29, 0.717) is 22.4 Å². The van der Waals surface area contributed by atoms with Gasteiger partial charge >= 0.3 is 5.97 Å². The quantitative estimate of drug-likeness (QED) is 0.00919. The molecular formula is C54H73N17O10S2. The SMILES string of the molecule is NC(N)=NCCC[C@H](NC(=O)[C@@H](N)Cc1ccc(O)cc1)C(=O)N[C@@H](CCS)C(=O)N[C@@H](Cc1cnc[nH]1)C(=O)N[C@H](Cc1ccccc1)C(=O)N[C@@H](CCCN=C(N)N)C(=O)N[C@@H](Cc1c[nH]c2ccccc12)C(=O)N[C@@H](CS)C(=O)O. The van der Waals surface area contributed by atoms with Crippen molar-refractivity contribution in [2.24, 2.45) is 38.7 Å². The molecule has 0 bridgehead atoms. The second kappa shape index (κ2) is 33.2. The van der Waals surface area contributed by atoms with E-state index in [1.807, 2.05) is 18.2 Å². The number of phenols is 1. The lowest BCUT2D eigenvalue weighted by molar-refractivity contribution is -0.141. The molecule has 5 aromatic rings. The molecule has 446 valence electrons. The monoisotopic (exact) mass is 1180 g/mol. The Bertz CT molecular complexity index is 3010. The van der Waals surface area contributed by atoms with Crippen molar-refractivity contribution in [1.29, 1.82) is 0 Å². The maximum atomic E-state index is 14.8. The summed E-state index contributed by atoms with van der Waals surface area (Å²) in [6.45, 7) is 0.129. The fourth-order valence-corrected chi connectivity index (χ4v) is 9.14. The van der Waals surface area contributed by atoms with Gasteiger partial charge < -0.3 is 86.1 Å². The molecule has 7 amide bonds. The van der Waals surface area contributed by atoms with Gasteiger partial charge in [0.05, 0.1) is 12.4 Å². The molecule has 29 heteroatoms. The number of aromatic hydroxyl groups is 1. The van der Waals surface area contributed by atoms with E-state index < -0.39 is 95.7 Å². The number of rotatable bonds is 34. The Morgan fingerprint density at radius 3 is 1.53 bits per heavy atom. The highest BCUT2D eigenvalue weighted by molar-refractivity contribution is 7.80. The topological polar surface area (TPSA) is 461 Å². The number of carboxylic acid groups (broad SMARTS) is 1. The number of nitrogens with zero attached hydrogens (tertiary/aromatic N) is 3. The summed E-state index contributed by atoms with van der Waals surface area (Å²) in [5.41, 5.74) is 31.4. The molecule has 0 aliphatic carbocycles. The van der Waals surface area contributed by atoms with Crippen LogP contribution in [0.2, 0.25) is 0 Å². The first kappa shape index (κ1) is 65.0. The summed E-state index contributed by atoms with van der Waals surface area (Å²) >= 11 is 8.41. The van der Waals surface area contributed by atoms with Gasteiger partial charge in [-0.05, 0) is 79.2 Å². The molecular weight excluding hydrogens is 1110 g/mol. The third-order valence-electron chi connectivity index (χ3n) is 13.0. The Kier molecular flexibility index (Phi) is 26.0. The molecule has 0 radical (unpaired) electrons. The average Bonchev–Trinajstić information content (AvgIpc) is 4.39. The van der Waals surface area contributed by atoms with Crippen LogP contribution in [-0.2, 0) is 64.0 Å². The Labute approximate surface area is 489 Å². The van der Waals surface area contributed by atoms with Crippen LogP contribution in [0.1, 0.15) is 54.5 Å². The third-order valence-corrected chi connectivity index (χ3v) is 13.6. The Hall–Kier alpha value is -8.83. The second-order valence-electron chi connectivity index (χ2n) is 19.4. The Balaban J connectivity index is 1.41. The number of carbonyl (C=O) groups is 8. The van der Waals surface area contributed by atoms with Crippen LogP contribution in [-0.4, -0.2) is 157 Å². The van der Waals surface area contributed by atoms with E-state index in [1.54, 1.807) is 54.7 Å². The van der Waals surface area contributed by atoms with Gasteiger partial charge in [0, 0.05) is 67.1 Å². The molecule has 2 heterocycles. The molecule has 83 heavy (non-hydrogen) atoms. The van der Waals surface area contributed by atoms with Gasteiger partial charge in [-0.15, -0.1) is 0 Å². The molecule has 0 spiro atoms. The van der Waals surface area contributed by atoms with Crippen LogP contribution in [0.4, 0.5) is 0 Å². The number of H-pyrrole nitrogens is 2. The zero-order valence-corrected chi connectivity index (χ0v) is 47.1. The van der Waals surface area contributed by atoms with E-state index in [2.05, 4.69) is 87.4 Å². The van der Waals surface area contributed by atoms with E-state index in [-0.39, 0.29) is 100 Å².